The van der Waals surface area contributed by atoms with Crippen LogP contribution in [0.4, 0.5) is 0 Å². The van der Waals surface area contributed by atoms with Crippen molar-refractivity contribution in [3.05, 3.63) is 0 Å². The molecule has 0 aliphatic rings. The van der Waals surface area contributed by atoms with Gasteiger partial charge in [0.1, 0.15) is 0 Å². The lowest BCUT2D eigenvalue weighted by Gasteiger charge is -2.22. The lowest BCUT2D eigenvalue weighted by Crippen LogP contribution is -2.35. The SMILES string of the molecule is C[C@@H]([C@H](O)CCO)[C@@H](O)CN. The maximum atomic E-state index is 9.24. The Kier molecular flexibility index (Phi) is 5.41. The van der Waals surface area contributed by atoms with E-state index in [-0.39, 0.29) is 25.5 Å². The molecule has 0 saturated carbocycles. The molecule has 11 heavy (non-hydrogen) atoms. The normalized spacial score (nSPS) is 19.4. The van der Waals surface area contributed by atoms with Crippen LogP contribution in [-0.2, 0) is 0 Å². The number of hydrogen-bond donors (Lipinski definition) is 4. The molecule has 0 unspecified atom stereocenters. The van der Waals surface area contributed by atoms with Crippen molar-refractivity contribution in [2.45, 2.75) is 25.6 Å². The van der Waals surface area contributed by atoms with Crippen LogP contribution in [0.5, 0.6) is 0 Å². The summed E-state index contributed by atoms with van der Waals surface area (Å²) in [5, 5.41) is 26.9. The fourth-order valence-corrected chi connectivity index (χ4v) is 0.866. The molecular formula is C7H17NO3. The molecule has 0 aromatic rings. The monoisotopic (exact) mass is 163 g/mol. The van der Waals surface area contributed by atoms with Crippen molar-refractivity contribution in [2.75, 3.05) is 13.2 Å². The highest BCUT2D eigenvalue weighted by atomic mass is 16.3. The predicted octanol–water partition coefficient (Wildman–Crippen LogP) is -1.31. The molecule has 0 spiro atoms. The lowest BCUT2D eigenvalue weighted by atomic mass is 9.96. The maximum absolute atomic E-state index is 9.24. The molecule has 4 nitrogen and oxygen atoms in total. The highest BCUT2D eigenvalue weighted by molar-refractivity contribution is 4.72. The summed E-state index contributed by atoms with van der Waals surface area (Å²) in [6.45, 7) is 1.78. The van der Waals surface area contributed by atoms with Gasteiger partial charge in [-0.2, -0.15) is 0 Å². The third-order valence-corrected chi connectivity index (χ3v) is 1.88. The van der Waals surface area contributed by atoms with E-state index in [1.54, 1.807) is 6.92 Å². The molecule has 0 aliphatic carbocycles. The van der Waals surface area contributed by atoms with Crippen LogP contribution < -0.4 is 5.73 Å². The Hall–Kier alpha value is -0.160. The molecule has 0 aromatic heterocycles. The molecule has 4 heteroatoms. The van der Waals surface area contributed by atoms with Gasteiger partial charge in [-0.25, -0.2) is 0 Å². The topological polar surface area (TPSA) is 86.7 Å². The van der Waals surface area contributed by atoms with Crippen LogP contribution >= 0.6 is 0 Å². The van der Waals surface area contributed by atoms with Crippen LogP contribution in [0.1, 0.15) is 13.3 Å². The second-order valence-corrected chi connectivity index (χ2v) is 2.74. The summed E-state index contributed by atoms with van der Waals surface area (Å²) in [6, 6.07) is 0. The number of aliphatic hydroxyl groups is 3. The highest BCUT2D eigenvalue weighted by Crippen LogP contribution is 2.10. The number of nitrogens with two attached hydrogens (primary N) is 1. The lowest BCUT2D eigenvalue weighted by molar-refractivity contribution is 0.0140. The van der Waals surface area contributed by atoms with Gasteiger partial charge in [0.15, 0.2) is 0 Å². The van der Waals surface area contributed by atoms with Gasteiger partial charge in [0, 0.05) is 19.1 Å². The van der Waals surface area contributed by atoms with Gasteiger partial charge in [-0.3, -0.25) is 0 Å². The first-order valence-electron chi connectivity index (χ1n) is 3.80. The molecule has 68 valence electrons. The van der Waals surface area contributed by atoms with Gasteiger partial charge in [0.05, 0.1) is 12.2 Å². The Labute approximate surface area is 66.7 Å². The zero-order valence-corrected chi connectivity index (χ0v) is 6.77. The Morgan fingerprint density at radius 3 is 2.18 bits per heavy atom. The molecule has 0 bridgehead atoms. The molecule has 3 atom stereocenters. The summed E-state index contributed by atoms with van der Waals surface area (Å²) in [5.74, 6) is -0.271. The summed E-state index contributed by atoms with van der Waals surface area (Å²) in [4.78, 5) is 0. The summed E-state index contributed by atoms with van der Waals surface area (Å²) in [5.41, 5.74) is 5.18. The van der Waals surface area contributed by atoms with E-state index in [1.807, 2.05) is 0 Å². The van der Waals surface area contributed by atoms with Crippen LogP contribution in [0.3, 0.4) is 0 Å². The van der Waals surface area contributed by atoms with Crippen LogP contribution in [0.15, 0.2) is 0 Å². The summed E-state index contributed by atoms with van der Waals surface area (Å²) in [6.07, 6.45) is -1.06. The first-order valence-corrected chi connectivity index (χ1v) is 3.80. The van der Waals surface area contributed by atoms with Crippen molar-refractivity contribution in [2.24, 2.45) is 11.7 Å². The van der Waals surface area contributed by atoms with Gasteiger partial charge in [-0.1, -0.05) is 6.92 Å². The Morgan fingerprint density at radius 2 is 1.82 bits per heavy atom. The molecule has 0 aromatic carbocycles. The van der Waals surface area contributed by atoms with Crippen molar-refractivity contribution in [1.29, 1.82) is 0 Å². The summed E-state index contributed by atoms with van der Waals surface area (Å²) < 4.78 is 0. The fourth-order valence-electron chi connectivity index (χ4n) is 0.866. The zero-order valence-electron chi connectivity index (χ0n) is 6.77. The molecule has 0 amide bonds. The predicted molar refractivity (Wildman–Crippen MR) is 41.9 cm³/mol. The minimum Gasteiger partial charge on any atom is -0.396 e. The summed E-state index contributed by atoms with van der Waals surface area (Å²) >= 11 is 0. The van der Waals surface area contributed by atoms with Crippen LogP contribution in [0.25, 0.3) is 0 Å². The van der Waals surface area contributed by atoms with Crippen molar-refractivity contribution in [1.82, 2.24) is 0 Å². The molecule has 0 heterocycles. The number of hydrogen-bond acceptors (Lipinski definition) is 4. The highest BCUT2D eigenvalue weighted by Gasteiger charge is 2.20. The zero-order chi connectivity index (χ0) is 8.85. The molecule has 0 rings (SSSR count). The smallest absolute Gasteiger partial charge is 0.0712 e. The van der Waals surface area contributed by atoms with Gasteiger partial charge < -0.3 is 21.1 Å². The van der Waals surface area contributed by atoms with Crippen molar-refractivity contribution >= 4 is 0 Å². The van der Waals surface area contributed by atoms with Crippen LogP contribution in [0.2, 0.25) is 0 Å². The molecule has 0 aliphatic heterocycles. The van der Waals surface area contributed by atoms with Gasteiger partial charge in [0.2, 0.25) is 0 Å². The standard InChI is InChI=1S/C7H17NO3/c1-5(7(11)4-8)6(10)2-3-9/h5-7,9-11H,2-4,8H2,1H3/t5-,6+,7-/m0/s1. The van der Waals surface area contributed by atoms with Crippen molar-refractivity contribution in [3.63, 3.8) is 0 Å². The third kappa shape index (κ3) is 3.67. The Balaban J connectivity index is 3.70. The van der Waals surface area contributed by atoms with Crippen molar-refractivity contribution < 1.29 is 15.3 Å². The van der Waals surface area contributed by atoms with E-state index in [9.17, 15) is 5.11 Å². The Morgan fingerprint density at radius 1 is 1.27 bits per heavy atom. The van der Waals surface area contributed by atoms with E-state index >= 15 is 0 Å². The number of aliphatic hydroxyl groups excluding tert-OH is 3. The molecule has 0 saturated heterocycles. The first-order chi connectivity index (χ1) is 5.13. The first kappa shape index (κ1) is 10.8. The van der Waals surface area contributed by atoms with Gasteiger partial charge >= 0.3 is 0 Å². The van der Waals surface area contributed by atoms with Crippen LogP contribution in [0, 0.1) is 5.92 Å². The quantitative estimate of drug-likeness (QED) is 0.405. The van der Waals surface area contributed by atoms with Gasteiger partial charge in [-0.15, -0.1) is 0 Å². The largest absolute Gasteiger partial charge is 0.396 e. The van der Waals surface area contributed by atoms with Gasteiger partial charge in [0.25, 0.3) is 0 Å². The second kappa shape index (κ2) is 5.49. The maximum Gasteiger partial charge on any atom is 0.0712 e. The minimum absolute atomic E-state index is 0.0667. The minimum atomic E-state index is -0.684. The van der Waals surface area contributed by atoms with Crippen molar-refractivity contribution in [3.8, 4) is 0 Å². The van der Waals surface area contributed by atoms with E-state index in [0.717, 1.165) is 0 Å². The molecular weight excluding hydrogens is 146 g/mol. The molecule has 0 radical (unpaired) electrons. The van der Waals surface area contributed by atoms with Crippen LogP contribution in [-0.4, -0.2) is 40.7 Å². The van der Waals surface area contributed by atoms with E-state index in [2.05, 4.69) is 0 Å². The van der Waals surface area contributed by atoms with E-state index in [1.165, 1.54) is 0 Å². The fraction of sp³-hybridized carbons (Fsp3) is 1.00. The average Bonchev–Trinajstić information content (AvgIpc) is 2.02. The third-order valence-electron chi connectivity index (χ3n) is 1.88. The second-order valence-electron chi connectivity index (χ2n) is 2.74. The number of rotatable bonds is 5. The van der Waals surface area contributed by atoms with E-state index in [4.69, 9.17) is 15.9 Å². The van der Waals surface area contributed by atoms with Gasteiger partial charge in [-0.05, 0) is 6.42 Å². The Bertz CT molecular complexity index is 99.7. The molecule has 5 N–H and O–H groups in total. The average molecular weight is 163 g/mol. The summed E-state index contributed by atoms with van der Waals surface area (Å²) in [7, 11) is 0. The van der Waals surface area contributed by atoms with E-state index < -0.39 is 12.2 Å². The van der Waals surface area contributed by atoms with E-state index in [0.29, 0.717) is 0 Å². The molecule has 0 fully saturated rings.